The molecule has 1 heterocycles. The Bertz CT molecular complexity index is 801. The first-order valence-corrected chi connectivity index (χ1v) is 10.7. The van der Waals surface area contributed by atoms with Gasteiger partial charge in [-0.05, 0) is 12.6 Å². The van der Waals surface area contributed by atoms with Crippen LogP contribution in [0.25, 0.3) is 0 Å². The zero-order chi connectivity index (χ0) is 19.3. The number of likely N-dealkylation sites (N-methyl/N-ethyl adjacent to an activating group) is 1. The number of hydrogen-bond acceptors (Lipinski definition) is 6. The molecule has 10 heteroatoms. The van der Waals surface area contributed by atoms with Gasteiger partial charge in [0, 0.05) is 56.2 Å². The van der Waals surface area contributed by atoms with Crippen molar-refractivity contribution in [3.05, 3.63) is 28.3 Å². The minimum Gasteiger partial charge on any atom is -0.301 e. The van der Waals surface area contributed by atoms with E-state index in [1.54, 1.807) is 0 Å². The normalized spacial score (nSPS) is 16.2. The van der Waals surface area contributed by atoms with Crippen LogP contribution < -0.4 is 4.90 Å². The summed E-state index contributed by atoms with van der Waals surface area (Å²) >= 11 is 3.28. The number of nitro groups is 1. The van der Waals surface area contributed by atoms with Crippen LogP contribution in [-0.4, -0.2) is 67.1 Å². The maximum absolute atomic E-state index is 13.2. The Kier molecular flexibility index (Phi) is 7.00. The topological polar surface area (TPSA) is 87.0 Å². The molecule has 0 N–H and O–H groups in total. The SMILES string of the molecule is C#CN(CCBr)c1ccc([N+](=O)[O-])cc1S(=O)(=O)N1CCN(CC)CC1. The monoisotopic (exact) mass is 444 g/mol. The molecule has 0 spiro atoms. The third kappa shape index (κ3) is 4.35. The quantitative estimate of drug-likeness (QED) is 0.209. The molecule has 1 aliphatic rings. The standard InChI is InChI=1S/C16H21BrN4O4S/c1-3-18-9-11-20(12-10-18)26(24,25)16-13-14(21(22)23)5-6-15(16)19(4-2)8-7-17/h2,5-6,13H,3,7-12H2,1H3. The van der Waals surface area contributed by atoms with Crippen molar-refractivity contribution in [3.63, 3.8) is 0 Å². The van der Waals surface area contributed by atoms with Gasteiger partial charge in [-0.3, -0.25) is 15.0 Å². The number of anilines is 1. The Balaban J connectivity index is 2.49. The third-order valence-corrected chi connectivity index (χ3v) is 6.59. The smallest absolute Gasteiger partial charge is 0.270 e. The van der Waals surface area contributed by atoms with Crippen molar-refractivity contribution >= 4 is 37.3 Å². The number of halogens is 1. The lowest BCUT2D eigenvalue weighted by atomic mass is 10.2. The van der Waals surface area contributed by atoms with E-state index in [1.807, 2.05) is 6.92 Å². The Morgan fingerprint density at radius 2 is 2.00 bits per heavy atom. The minimum atomic E-state index is -3.90. The summed E-state index contributed by atoms with van der Waals surface area (Å²) in [5, 5.41) is 11.7. The molecule has 0 saturated carbocycles. The Labute approximate surface area is 162 Å². The van der Waals surface area contributed by atoms with E-state index in [0.29, 0.717) is 38.1 Å². The van der Waals surface area contributed by atoms with Crippen LogP contribution in [0.3, 0.4) is 0 Å². The first kappa shape index (κ1) is 20.6. The molecule has 0 aliphatic carbocycles. The third-order valence-electron chi connectivity index (χ3n) is 4.31. The number of alkyl halides is 1. The van der Waals surface area contributed by atoms with Gasteiger partial charge < -0.3 is 4.90 Å². The molecule has 0 radical (unpaired) electrons. The fraction of sp³-hybridized carbons (Fsp3) is 0.500. The van der Waals surface area contributed by atoms with Crippen molar-refractivity contribution in [2.45, 2.75) is 11.8 Å². The lowest BCUT2D eigenvalue weighted by Crippen LogP contribution is -2.48. The van der Waals surface area contributed by atoms with Gasteiger partial charge in [0.2, 0.25) is 10.0 Å². The highest BCUT2D eigenvalue weighted by atomic mass is 79.9. The zero-order valence-electron chi connectivity index (χ0n) is 14.5. The Morgan fingerprint density at radius 3 is 2.50 bits per heavy atom. The van der Waals surface area contributed by atoms with Gasteiger partial charge in [-0.1, -0.05) is 29.3 Å². The number of terminal acetylenes is 1. The number of hydrogen-bond donors (Lipinski definition) is 0. The number of nitro benzene ring substituents is 1. The number of rotatable bonds is 7. The highest BCUT2D eigenvalue weighted by molar-refractivity contribution is 9.09. The van der Waals surface area contributed by atoms with Crippen LogP contribution in [0.2, 0.25) is 0 Å². The maximum atomic E-state index is 13.2. The molecular weight excluding hydrogens is 424 g/mol. The van der Waals surface area contributed by atoms with Gasteiger partial charge in [0.1, 0.15) is 4.90 Å². The largest absolute Gasteiger partial charge is 0.301 e. The van der Waals surface area contributed by atoms with E-state index >= 15 is 0 Å². The van der Waals surface area contributed by atoms with Crippen LogP contribution in [0.15, 0.2) is 23.1 Å². The van der Waals surface area contributed by atoms with Crippen molar-refractivity contribution in [1.29, 1.82) is 0 Å². The van der Waals surface area contributed by atoms with Crippen molar-refractivity contribution < 1.29 is 13.3 Å². The van der Waals surface area contributed by atoms with Crippen molar-refractivity contribution in [1.82, 2.24) is 9.21 Å². The van der Waals surface area contributed by atoms with E-state index in [2.05, 4.69) is 26.9 Å². The molecule has 1 fully saturated rings. The Morgan fingerprint density at radius 1 is 1.35 bits per heavy atom. The van der Waals surface area contributed by atoms with Gasteiger partial charge >= 0.3 is 0 Å². The molecule has 2 rings (SSSR count). The highest BCUT2D eigenvalue weighted by Crippen LogP contribution is 2.32. The molecule has 1 aliphatic heterocycles. The second-order valence-corrected chi connectivity index (χ2v) is 8.42. The van der Waals surface area contributed by atoms with E-state index in [0.717, 1.165) is 12.6 Å². The average molecular weight is 445 g/mol. The molecule has 8 nitrogen and oxygen atoms in total. The fourth-order valence-corrected chi connectivity index (χ4v) is 4.80. The van der Waals surface area contributed by atoms with Gasteiger partial charge in [0.05, 0.1) is 10.6 Å². The molecule has 0 aromatic heterocycles. The molecule has 26 heavy (non-hydrogen) atoms. The highest BCUT2D eigenvalue weighted by Gasteiger charge is 2.32. The van der Waals surface area contributed by atoms with E-state index in [1.165, 1.54) is 21.3 Å². The second-order valence-electron chi connectivity index (χ2n) is 5.72. The summed E-state index contributed by atoms with van der Waals surface area (Å²) in [5.74, 6) is 0. The van der Waals surface area contributed by atoms with Gasteiger partial charge in [-0.15, -0.1) is 0 Å². The number of piperazine rings is 1. The van der Waals surface area contributed by atoms with Gasteiger partial charge in [0.25, 0.3) is 5.69 Å². The maximum Gasteiger partial charge on any atom is 0.270 e. The van der Waals surface area contributed by atoms with Gasteiger partial charge in [-0.2, -0.15) is 4.31 Å². The van der Waals surface area contributed by atoms with Crippen LogP contribution in [0.1, 0.15) is 6.92 Å². The molecule has 0 unspecified atom stereocenters. The van der Waals surface area contributed by atoms with Crippen LogP contribution in [-0.2, 0) is 10.0 Å². The first-order valence-electron chi connectivity index (χ1n) is 8.15. The predicted octanol–water partition coefficient (Wildman–Crippen LogP) is 1.71. The van der Waals surface area contributed by atoms with Crippen molar-refractivity contribution in [2.24, 2.45) is 0 Å². The number of sulfonamides is 1. The van der Waals surface area contributed by atoms with Crippen molar-refractivity contribution in [2.75, 3.05) is 49.5 Å². The fourth-order valence-electron chi connectivity index (χ4n) is 2.81. The van der Waals surface area contributed by atoms with Crippen LogP contribution in [0, 0.1) is 22.6 Å². The number of nitrogens with zero attached hydrogens (tertiary/aromatic N) is 4. The minimum absolute atomic E-state index is 0.129. The molecule has 142 valence electrons. The lowest BCUT2D eigenvalue weighted by molar-refractivity contribution is -0.385. The van der Waals surface area contributed by atoms with Crippen LogP contribution in [0.5, 0.6) is 0 Å². The lowest BCUT2D eigenvalue weighted by Gasteiger charge is -2.34. The van der Waals surface area contributed by atoms with Gasteiger partial charge in [-0.25, -0.2) is 8.42 Å². The molecule has 1 aromatic rings. The Hall–Kier alpha value is -1.67. The van der Waals surface area contributed by atoms with Gasteiger partial charge in [0.15, 0.2) is 0 Å². The summed E-state index contributed by atoms with van der Waals surface area (Å²) in [5.41, 5.74) is -0.00851. The number of non-ortho nitro benzene ring substituents is 1. The predicted molar refractivity (Wildman–Crippen MR) is 104 cm³/mol. The molecule has 0 atom stereocenters. The average Bonchev–Trinajstić information content (AvgIpc) is 2.65. The summed E-state index contributed by atoms with van der Waals surface area (Å²) in [6, 6.07) is 6.20. The zero-order valence-corrected chi connectivity index (χ0v) is 16.9. The number of benzene rings is 1. The summed E-state index contributed by atoms with van der Waals surface area (Å²) in [6.45, 7) is 5.18. The van der Waals surface area contributed by atoms with E-state index in [4.69, 9.17) is 6.42 Å². The van der Waals surface area contributed by atoms with Crippen molar-refractivity contribution in [3.8, 4) is 12.5 Å². The molecule has 1 saturated heterocycles. The molecule has 0 amide bonds. The van der Waals surface area contributed by atoms with Crippen LogP contribution >= 0.6 is 15.9 Å². The van der Waals surface area contributed by atoms with E-state index in [9.17, 15) is 18.5 Å². The van der Waals surface area contributed by atoms with E-state index < -0.39 is 14.9 Å². The van der Waals surface area contributed by atoms with Crippen LogP contribution in [0.4, 0.5) is 11.4 Å². The summed E-state index contributed by atoms with van der Waals surface area (Å²) in [4.78, 5) is 14.0. The second kappa shape index (κ2) is 8.81. The summed E-state index contributed by atoms with van der Waals surface area (Å²) < 4.78 is 27.7. The summed E-state index contributed by atoms with van der Waals surface area (Å²) in [7, 11) is -3.90. The first-order chi connectivity index (χ1) is 12.3. The summed E-state index contributed by atoms with van der Waals surface area (Å²) in [6.07, 6.45) is 5.52. The molecule has 1 aromatic carbocycles. The van der Waals surface area contributed by atoms with E-state index in [-0.39, 0.29) is 16.3 Å². The molecule has 0 bridgehead atoms. The molecular formula is C16H21BrN4O4S.